The Morgan fingerprint density at radius 1 is 1.56 bits per heavy atom. The van der Waals surface area contributed by atoms with Gasteiger partial charge in [-0.05, 0) is 25.3 Å². The fourth-order valence-electron chi connectivity index (χ4n) is 2.09. The molecule has 0 atom stereocenters. The first-order chi connectivity index (χ1) is 8.61. The molecule has 1 fully saturated rings. The number of thiophene rings is 1. The van der Waals surface area contributed by atoms with Crippen LogP contribution in [0, 0.1) is 16.0 Å². The number of carbonyl (C=O) groups is 1. The van der Waals surface area contributed by atoms with Crippen LogP contribution < -0.4 is 5.73 Å². The largest absolute Gasteiger partial charge is 0.339 e. The Morgan fingerprint density at radius 3 is 2.72 bits per heavy atom. The van der Waals surface area contributed by atoms with Gasteiger partial charge in [0.1, 0.15) is 0 Å². The number of hydrogen-bond donors (Lipinski definition) is 1. The molecule has 0 aromatic carbocycles. The van der Waals surface area contributed by atoms with Gasteiger partial charge in [0.2, 0.25) is 0 Å². The zero-order chi connectivity index (χ0) is 13.1. The van der Waals surface area contributed by atoms with Gasteiger partial charge in [-0.25, -0.2) is 0 Å². The minimum absolute atomic E-state index is 0.00944. The highest BCUT2D eigenvalue weighted by Crippen LogP contribution is 2.25. The fourth-order valence-corrected chi connectivity index (χ4v) is 2.78. The zero-order valence-electron chi connectivity index (χ0n) is 9.87. The van der Waals surface area contributed by atoms with Crippen molar-refractivity contribution in [3.63, 3.8) is 0 Å². The van der Waals surface area contributed by atoms with Crippen molar-refractivity contribution in [1.82, 2.24) is 4.90 Å². The van der Waals surface area contributed by atoms with Gasteiger partial charge in [-0.15, -0.1) is 0 Å². The molecule has 0 radical (unpaired) electrons. The normalized spacial score (nSPS) is 16.8. The van der Waals surface area contributed by atoms with Crippen LogP contribution in [0.2, 0.25) is 0 Å². The molecule has 1 aliphatic heterocycles. The smallest absolute Gasteiger partial charge is 0.324 e. The van der Waals surface area contributed by atoms with Crippen molar-refractivity contribution in [3.8, 4) is 0 Å². The van der Waals surface area contributed by atoms with Crippen LogP contribution in [0.1, 0.15) is 23.2 Å². The van der Waals surface area contributed by atoms with Gasteiger partial charge in [-0.1, -0.05) is 11.3 Å². The van der Waals surface area contributed by atoms with Crippen molar-refractivity contribution in [2.45, 2.75) is 12.8 Å². The molecule has 7 heteroatoms. The summed E-state index contributed by atoms with van der Waals surface area (Å²) >= 11 is 0.988. The summed E-state index contributed by atoms with van der Waals surface area (Å²) in [6.45, 7) is 2.03. The van der Waals surface area contributed by atoms with Gasteiger partial charge in [0.05, 0.1) is 10.5 Å². The SMILES string of the molecule is NCC1CCN(C(=O)c2csc([N+](=O)[O-])c2)CC1. The average Bonchev–Trinajstić information content (AvgIpc) is 2.88. The predicted molar refractivity (Wildman–Crippen MR) is 68.7 cm³/mol. The number of nitrogens with zero attached hydrogens (tertiary/aromatic N) is 2. The lowest BCUT2D eigenvalue weighted by molar-refractivity contribution is -0.380. The average molecular weight is 269 g/mol. The number of rotatable bonds is 3. The quantitative estimate of drug-likeness (QED) is 0.664. The molecule has 18 heavy (non-hydrogen) atoms. The van der Waals surface area contributed by atoms with Crippen LogP contribution in [0.25, 0.3) is 0 Å². The lowest BCUT2D eigenvalue weighted by Crippen LogP contribution is -2.39. The maximum Gasteiger partial charge on any atom is 0.324 e. The first-order valence-electron chi connectivity index (χ1n) is 5.84. The van der Waals surface area contributed by atoms with Crippen LogP contribution in [0.3, 0.4) is 0 Å². The first kappa shape index (κ1) is 13.0. The van der Waals surface area contributed by atoms with E-state index in [1.807, 2.05) is 0 Å². The van der Waals surface area contributed by atoms with Gasteiger partial charge >= 0.3 is 5.00 Å². The van der Waals surface area contributed by atoms with Crippen molar-refractivity contribution in [2.24, 2.45) is 11.7 Å². The molecule has 0 aliphatic carbocycles. The molecule has 2 rings (SSSR count). The Bertz CT molecular complexity index is 452. The summed E-state index contributed by atoms with van der Waals surface area (Å²) in [5.41, 5.74) is 6.01. The van der Waals surface area contributed by atoms with Crippen molar-refractivity contribution < 1.29 is 9.72 Å². The van der Waals surface area contributed by atoms with E-state index in [2.05, 4.69) is 0 Å². The Kier molecular flexibility index (Phi) is 3.93. The molecule has 6 nitrogen and oxygen atoms in total. The standard InChI is InChI=1S/C11H15N3O3S/c12-6-8-1-3-13(4-2-8)11(15)9-5-10(14(16)17)18-7-9/h5,7-8H,1-4,6,12H2. The molecule has 1 saturated heterocycles. The summed E-state index contributed by atoms with van der Waals surface area (Å²) in [6.07, 6.45) is 1.82. The van der Waals surface area contributed by atoms with Crippen LogP contribution >= 0.6 is 11.3 Å². The van der Waals surface area contributed by atoms with Crippen LogP contribution in [-0.2, 0) is 0 Å². The Labute approximate surface area is 109 Å². The predicted octanol–water partition coefficient (Wildman–Crippen LogP) is 1.47. The zero-order valence-corrected chi connectivity index (χ0v) is 10.7. The third kappa shape index (κ3) is 2.68. The number of carbonyl (C=O) groups excluding carboxylic acids is 1. The molecule has 1 amide bonds. The number of nitro groups is 1. The van der Waals surface area contributed by atoms with E-state index in [1.165, 1.54) is 6.07 Å². The second-order valence-corrected chi connectivity index (χ2v) is 5.29. The highest BCUT2D eigenvalue weighted by atomic mass is 32.1. The first-order valence-corrected chi connectivity index (χ1v) is 6.72. The van der Waals surface area contributed by atoms with Gasteiger partial charge in [-0.2, -0.15) is 0 Å². The van der Waals surface area contributed by atoms with Gasteiger partial charge in [0, 0.05) is 24.5 Å². The molecule has 1 aromatic rings. The Balaban J connectivity index is 2.01. The van der Waals surface area contributed by atoms with Gasteiger partial charge in [0.25, 0.3) is 5.91 Å². The van der Waals surface area contributed by atoms with E-state index < -0.39 is 4.92 Å². The third-order valence-corrected chi connectivity index (χ3v) is 4.13. The molecule has 2 heterocycles. The Morgan fingerprint density at radius 2 is 2.22 bits per heavy atom. The van der Waals surface area contributed by atoms with Gasteiger partial charge in [-0.3, -0.25) is 14.9 Å². The van der Waals surface area contributed by atoms with E-state index in [1.54, 1.807) is 10.3 Å². The van der Waals surface area contributed by atoms with E-state index in [0.29, 0.717) is 31.1 Å². The fraction of sp³-hybridized carbons (Fsp3) is 0.545. The molecule has 1 aromatic heterocycles. The minimum atomic E-state index is -0.470. The number of hydrogen-bond acceptors (Lipinski definition) is 5. The molecule has 1 aliphatic rings. The molecular weight excluding hydrogens is 254 g/mol. The van der Waals surface area contributed by atoms with Crippen LogP contribution in [0.5, 0.6) is 0 Å². The van der Waals surface area contributed by atoms with Crippen LogP contribution in [-0.4, -0.2) is 35.4 Å². The van der Waals surface area contributed by atoms with Crippen molar-refractivity contribution in [3.05, 3.63) is 27.1 Å². The summed E-state index contributed by atoms with van der Waals surface area (Å²) in [4.78, 5) is 24.0. The second kappa shape index (κ2) is 5.45. The molecule has 2 N–H and O–H groups in total. The topological polar surface area (TPSA) is 89.5 Å². The Hall–Kier alpha value is -1.47. The summed E-state index contributed by atoms with van der Waals surface area (Å²) in [7, 11) is 0. The van der Waals surface area contributed by atoms with Gasteiger partial charge < -0.3 is 10.6 Å². The van der Waals surface area contributed by atoms with Crippen LogP contribution in [0.15, 0.2) is 11.4 Å². The molecule has 0 saturated carbocycles. The second-order valence-electron chi connectivity index (χ2n) is 4.40. The maximum atomic E-state index is 12.1. The van der Waals surface area contributed by atoms with Crippen molar-refractivity contribution in [2.75, 3.05) is 19.6 Å². The summed E-state index contributed by atoms with van der Waals surface area (Å²) < 4.78 is 0. The minimum Gasteiger partial charge on any atom is -0.339 e. The molecule has 0 unspecified atom stereocenters. The van der Waals surface area contributed by atoms with E-state index in [-0.39, 0.29) is 10.9 Å². The van der Waals surface area contributed by atoms with Crippen LogP contribution in [0.4, 0.5) is 5.00 Å². The number of amides is 1. The van der Waals surface area contributed by atoms with E-state index in [0.717, 1.165) is 24.2 Å². The third-order valence-electron chi connectivity index (χ3n) is 3.25. The number of likely N-dealkylation sites (tertiary alicyclic amines) is 1. The monoisotopic (exact) mass is 269 g/mol. The molecule has 98 valence electrons. The highest BCUT2D eigenvalue weighted by Gasteiger charge is 2.24. The highest BCUT2D eigenvalue weighted by molar-refractivity contribution is 7.13. The summed E-state index contributed by atoms with van der Waals surface area (Å²) in [5.74, 6) is 0.376. The molecule has 0 bridgehead atoms. The van der Waals surface area contributed by atoms with Gasteiger partial charge in [0.15, 0.2) is 0 Å². The van der Waals surface area contributed by atoms with E-state index in [4.69, 9.17) is 5.73 Å². The number of piperidine rings is 1. The maximum absolute atomic E-state index is 12.1. The summed E-state index contributed by atoms with van der Waals surface area (Å²) in [5, 5.41) is 12.1. The van der Waals surface area contributed by atoms with Crippen molar-refractivity contribution in [1.29, 1.82) is 0 Å². The lowest BCUT2D eigenvalue weighted by atomic mass is 9.97. The lowest BCUT2D eigenvalue weighted by Gasteiger charge is -2.31. The molecule has 0 spiro atoms. The van der Waals surface area contributed by atoms with E-state index >= 15 is 0 Å². The van der Waals surface area contributed by atoms with E-state index in [9.17, 15) is 14.9 Å². The molecular formula is C11H15N3O3S. The summed E-state index contributed by atoms with van der Waals surface area (Å²) in [6, 6.07) is 1.35. The number of nitrogens with two attached hydrogens (primary N) is 1. The van der Waals surface area contributed by atoms with Crippen molar-refractivity contribution >= 4 is 22.2 Å².